The number of aromatic nitrogens is 1. The Balaban J connectivity index is 1.55. The van der Waals surface area contributed by atoms with Crippen molar-refractivity contribution in [3.8, 4) is 11.1 Å². The van der Waals surface area contributed by atoms with Gasteiger partial charge in [-0.3, -0.25) is 28.9 Å². The van der Waals surface area contributed by atoms with Crippen LogP contribution in [0.1, 0.15) is 64.3 Å². The molecule has 4 rings (SSSR count). The first-order valence-electron chi connectivity index (χ1n) is 17.2. The molecule has 0 spiro atoms. The average Bonchev–Trinajstić information content (AvgIpc) is 3.65. The highest BCUT2D eigenvalue weighted by molar-refractivity contribution is 6.14. The van der Waals surface area contributed by atoms with Gasteiger partial charge in [-0.1, -0.05) is 51.1 Å². The third-order valence-electron chi connectivity index (χ3n) is 8.95. The van der Waals surface area contributed by atoms with Gasteiger partial charge in [-0.05, 0) is 55.0 Å². The van der Waals surface area contributed by atoms with Crippen LogP contribution in [-0.2, 0) is 35.3 Å². The normalized spacial score (nSPS) is 14.7. The number of ether oxygens (including phenoxy) is 1. The summed E-state index contributed by atoms with van der Waals surface area (Å²) >= 11 is 0. The highest BCUT2D eigenvalue weighted by Crippen LogP contribution is 2.41. The Morgan fingerprint density at radius 1 is 1.00 bits per heavy atom. The van der Waals surface area contributed by atoms with Crippen LogP contribution in [0, 0.1) is 17.0 Å². The van der Waals surface area contributed by atoms with Gasteiger partial charge in [0.1, 0.15) is 17.7 Å². The Morgan fingerprint density at radius 3 is 2.31 bits per heavy atom. The van der Waals surface area contributed by atoms with Crippen LogP contribution < -0.4 is 11.1 Å². The predicted octanol–water partition coefficient (Wildman–Crippen LogP) is 4.54. The zero-order chi connectivity index (χ0) is 38.2. The van der Waals surface area contributed by atoms with Crippen molar-refractivity contribution in [1.29, 1.82) is 0 Å². The van der Waals surface area contributed by atoms with Crippen molar-refractivity contribution in [2.24, 2.45) is 11.1 Å². The van der Waals surface area contributed by atoms with E-state index in [0.29, 0.717) is 17.8 Å². The number of nitrogens with one attached hydrogen (secondary N) is 1. The maximum absolute atomic E-state index is 15.1. The van der Waals surface area contributed by atoms with Gasteiger partial charge in [0.05, 0.1) is 18.6 Å². The molecule has 278 valence electrons. The number of imide groups is 1. The van der Waals surface area contributed by atoms with Gasteiger partial charge in [0, 0.05) is 68.3 Å². The largest absolute Gasteiger partial charge is 0.372 e. The molecular formula is C39H47F2N5O6. The first kappa shape index (κ1) is 39.8. The Bertz CT molecular complexity index is 1780. The minimum atomic E-state index is -1.01. The fourth-order valence-corrected chi connectivity index (χ4v) is 6.19. The van der Waals surface area contributed by atoms with E-state index in [2.05, 4.69) is 5.32 Å². The lowest BCUT2D eigenvalue weighted by atomic mass is 9.82. The monoisotopic (exact) mass is 719 g/mol. The summed E-state index contributed by atoms with van der Waals surface area (Å²) in [6, 6.07) is 13.0. The number of rotatable bonds is 17. The molecule has 1 aliphatic heterocycles. The number of carbonyl (C=O) groups excluding carboxylic acids is 5. The van der Waals surface area contributed by atoms with Crippen LogP contribution >= 0.6 is 0 Å². The fourth-order valence-electron chi connectivity index (χ4n) is 6.19. The van der Waals surface area contributed by atoms with E-state index in [1.54, 1.807) is 24.1 Å². The second-order valence-electron chi connectivity index (χ2n) is 14.0. The zero-order valence-electron chi connectivity index (χ0n) is 30.2. The number of hydrogen-bond donors (Lipinski definition) is 2. The summed E-state index contributed by atoms with van der Waals surface area (Å²) in [6.45, 7) is 7.79. The van der Waals surface area contributed by atoms with E-state index in [1.165, 1.54) is 7.11 Å². The van der Waals surface area contributed by atoms with Gasteiger partial charge in [-0.2, -0.15) is 0 Å². The van der Waals surface area contributed by atoms with Crippen LogP contribution in [0.15, 0.2) is 72.9 Å². The molecule has 0 saturated carbocycles. The Kier molecular flexibility index (Phi) is 13.4. The Labute approximate surface area is 302 Å². The molecule has 0 unspecified atom stereocenters. The van der Waals surface area contributed by atoms with Crippen molar-refractivity contribution in [3.63, 3.8) is 0 Å². The number of nitrogens with zero attached hydrogens (tertiary/aromatic N) is 3. The molecule has 0 saturated heterocycles. The molecule has 0 bridgehead atoms. The van der Waals surface area contributed by atoms with Gasteiger partial charge in [0.25, 0.3) is 17.7 Å². The van der Waals surface area contributed by atoms with E-state index in [4.69, 9.17) is 10.5 Å². The van der Waals surface area contributed by atoms with Crippen LogP contribution in [-0.4, -0.2) is 82.7 Å². The number of Topliss-reactive ketones (excluding diaryl/α,β-unsaturated/α-hetero) is 1. The second kappa shape index (κ2) is 17.5. The third kappa shape index (κ3) is 10.1. The van der Waals surface area contributed by atoms with Gasteiger partial charge >= 0.3 is 0 Å². The fraction of sp³-hybridized carbons (Fsp3) is 0.410. The lowest BCUT2D eigenvalue weighted by Crippen LogP contribution is -2.49. The molecule has 4 amide bonds. The molecule has 11 nitrogen and oxygen atoms in total. The minimum Gasteiger partial charge on any atom is -0.372 e. The molecule has 3 aromatic rings. The highest BCUT2D eigenvalue weighted by atomic mass is 19.1. The molecule has 2 aromatic carbocycles. The van der Waals surface area contributed by atoms with Gasteiger partial charge in [0.2, 0.25) is 5.91 Å². The number of amides is 4. The van der Waals surface area contributed by atoms with Crippen LogP contribution in [0.25, 0.3) is 11.1 Å². The van der Waals surface area contributed by atoms with Crippen molar-refractivity contribution >= 4 is 29.4 Å². The summed E-state index contributed by atoms with van der Waals surface area (Å²) in [5, 5.41) is 2.72. The number of benzene rings is 2. The maximum Gasteiger partial charge on any atom is 0.254 e. The molecule has 0 fully saturated rings. The van der Waals surface area contributed by atoms with E-state index >= 15 is 4.39 Å². The van der Waals surface area contributed by atoms with Crippen molar-refractivity contribution < 1.29 is 37.5 Å². The Hall–Kier alpha value is -5.01. The lowest BCUT2D eigenvalue weighted by molar-refractivity contribution is -0.147. The van der Waals surface area contributed by atoms with E-state index in [9.17, 15) is 28.4 Å². The van der Waals surface area contributed by atoms with Gasteiger partial charge in [0.15, 0.2) is 5.78 Å². The summed E-state index contributed by atoms with van der Waals surface area (Å²) in [7, 11) is 1.43. The smallest absolute Gasteiger partial charge is 0.254 e. The molecule has 3 N–H and O–H groups in total. The quantitative estimate of drug-likeness (QED) is 0.154. The number of carbonyl (C=O) groups is 5. The molecule has 52 heavy (non-hydrogen) atoms. The molecule has 1 aliphatic rings. The molecule has 1 aromatic heterocycles. The lowest BCUT2D eigenvalue weighted by Gasteiger charge is -2.42. The van der Waals surface area contributed by atoms with Crippen LogP contribution in [0.3, 0.4) is 0 Å². The average molecular weight is 720 g/mol. The topological polar surface area (TPSA) is 144 Å². The van der Waals surface area contributed by atoms with Crippen molar-refractivity contribution in [1.82, 2.24) is 19.7 Å². The van der Waals surface area contributed by atoms with E-state index in [-0.39, 0.29) is 56.2 Å². The third-order valence-corrected chi connectivity index (χ3v) is 8.95. The number of halogens is 2. The van der Waals surface area contributed by atoms with Crippen LogP contribution in [0.5, 0.6) is 0 Å². The SMILES string of the molecule is CO[C@@H](C)C(=O)N(CC[C@H](N)C(=O)NCCCC(=O)CN1C(=O)C=CC1=O)[C@@H](c1cc(-c2cc(F)ccc2F)cn1Cc1ccccc1)C(C)(C)C. The summed E-state index contributed by atoms with van der Waals surface area (Å²) in [6.07, 6.45) is 3.53. The molecule has 13 heteroatoms. The number of ketones is 1. The van der Waals surface area contributed by atoms with Crippen LogP contribution in [0.2, 0.25) is 0 Å². The second-order valence-corrected chi connectivity index (χ2v) is 14.0. The van der Waals surface area contributed by atoms with Gasteiger partial charge in [-0.25, -0.2) is 8.78 Å². The summed E-state index contributed by atoms with van der Waals surface area (Å²) in [4.78, 5) is 65.3. The highest BCUT2D eigenvalue weighted by Gasteiger charge is 2.39. The minimum absolute atomic E-state index is 0.0428. The van der Waals surface area contributed by atoms with E-state index in [1.807, 2.05) is 55.7 Å². The van der Waals surface area contributed by atoms with Crippen molar-refractivity contribution in [2.75, 3.05) is 26.7 Å². The molecule has 0 radical (unpaired) electrons. The van der Waals surface area contributed by atoms with Gasteiger partial charge in [-0.15, -0.1) is 0 Å². The molecular weight excluding hydrogens is 672 g/mol. The summed E-state index contributed by atoms with van der Waals surface area (Å²) in [5.41, 5.74) is 7.87. The number of hydrogen-bond acceptors (Lipinski definition) is 7. The van der Waals surface area contributed by atoms with Gasteiger partial charge < -0.3 is 25.3 Å². The first-order chi connectivity index (χ1) is 24.6. The van der Waals surface area contributed by atoms with Crippen molar-refractivity contribution in [2.45, 2.75) is 71.7 Å². The number of nitrogens with two attached hydrogens (primary N) is 1. The predicted molar refractivity (Wildman–Crippen MR) is 191 cm³/mol. The zero-order valence-corrected chi connectivity index (χ0v) is 30.2. The van der Waals surface area contributed by atoms with E-state index in [0.717, 1.165) is 40.8 Å². The van der Waals surface area contributed by atoms with Crippen LogP contribution in [0.4, 0.5) is 8.78 Å². The standard InChI is InChI=1S/C39H47F2N5O6/c1-25(52-5)38(51)45(19-17-32(42)37(50)43-18-9-12-29(47)24-46-34(48)15-16-35(46)49)36(39(2,3)4)33-20-27(30-21-28(40)13-14-31(30)41)23-44(33)22-26-10-7-6-8-11-26/h6-8,10-11,13-16,20-21,23,25,32,36H,9,12,17-19,22,24,42H2,1-5H3,(H,43,50)/t25-,32-,36-/m0/s1. The molecule has 3 atom stereocenters. The number of methoxy groups -OCH3 is 1. The summed E-state index contributed by atoms with van der Waals surface area (Å²) < 4.78 is 36.8. The maximum atomic E-state index is 15.1. The molecule has 2 heterocycles. The molecule has 0 aliphatic carbocycles. The van der Waals surface area contributed by atoms with Crippen molar-refractivity contribution in [3.05, 3.63) is 95.8 Å². The Morgan fingerprint density at radius 2 is 1.67 bits per heavy atom. The van der Waals surface area contributed by atoms with E-state index < -0.39 is 53.0 Å². The summed E-state index contributed by atoms with van der Waals surface area (Å²) in [5.74, 6) is -3.39. The first-order valence-corrected chi connectivity index (χ1v) is 17.2.